The van der Waals surface area contributed by atoms with Crippen LogP contribution in [0.4, 0.5) is 0 Å². The van der Waals surface area contributed by atoms with Crippen LogP contribution >= 0.6 is 0 Å². The Morgan fingerprint density at radius 3 is 0.826 bits per heavy atom. The van der Waals surface area contributed by atoms with Gasteiger partial charge in [0.2, 0.25) is 0 Å². The summed E-state index contributed by atoms with van der Waals surface area (Å²) in [6.45, 7) is 0. The van der Waals surface area contributed by atoms with Crippen LogP contribution in [0.1, 0.15) is 41.4 Å². The fraction of sp³-hybridized carbons (Fsp3) is 0. The maximum Gasteiger partial charge on any atom is 0.336 e. The van der Waals surface area contributed by atoms with Crippen LogP contribution in [0.15, 0.2) is 24.3 Å². The fourth-order valence-corrected chi connectivity index (χ4v) is 2.06. The van der Waals surface area contributed by atoms with Gasteiger partial charge in [0.25, 0.3) is 0 Å². The Bertz CT molecular complexity index is 718. The molecule has 1 radical (unpaired) electrons. The minimum Gasteiger partial charge on any atom is -0.478 e. The van der Waals surface area contributed by atoms with E-state index in [9.17, 15) is 19.2 Å². The molecular formula is C14H8NaO8. The predicted octanol–water partition coefficient (Wildman–Crippen LogP) is 1.25. The molecule has 0 heterocycles. The first-order valence-electron chi connectivity index (χ1n) is 5.77. The largest absolute Gasteiger partial charge is 0.478 e. The maximum absolute atomic E-state index is 11.1. The number of hydrogen-bond acceptors (Lipinski definition) is 4. The van der Waals surface area contributed by atoms with E-state index < -0.39 is 46.1 Å². The summed E-state index contributed by atoms with van der Waals surface area (Å²) in [6.07, 6.45) is 0. The zero-order valence-corrected chi connectivity index (χ0v) is 13.7. The van der Waals surface area contributed by atoms with E-state index in [0.29, 0.717) is 0 Å². The number of benzene rings is 2. The smallest absolute Gasteiger partial charge is 0.336 e. The van der Waals surface area contributed by atoms with E-state index in [1.54, 1.807) is 0 Å². The van der Waals surface area contributed by atoms with Gasteiger partial charge in [-0.05, 0) is 35.0 Å². The molecule has 0 fully saturated rings. The zero-order chi connectivity index (χ0) is 16.6. The topological polar surface area (TPSA) is 149 Å². The van der Waals surface area contributed by atoms with Gasteiger partial charge in [-0.1, -0.05) is 0 Å². The van der Waals surface area contributed by atoms with Gasteiger partial charge in [-0.3, -0.25) is 0 Å². The minimum absolute atomic E-state index is 0. The van der Waals surface area contributed by atoms with Crippen LogP contribution in [0.5, 0.6) is 0 Å². The zero-order valence-electron chi connectivity index (χ0n) is 11.7. The van der Waals surface area contributed by atoms with Crippen molar-refractivity contribution in [2.24, 2.45) is 0 Å². The van der Waals surface area contributed by atoms with Crippen LogP contribution < -0.4 is 0 Å². The van der Waals surface area contributed by atoms with Crippen molar-refractivity contribution in [1.82, 2.24) is 0 Å². The van der Waals surface area contributed by atoms with Gasteiger partial charge in [0, 0.05) is 29.6 Å². The average molecular weight is 327 g/mol. The van der Waals surface area contributed by atoms with E-state index in [2.05, 4.69) is 0 Å². The molecule has 9 heteroatoms. The van der Waals surface area contributed by atoms with E-state index in [-0.39, 0.29) is 40.3 Å². The summed E-state index contributed by atoms with van der Waals surface area (Å²) in [4.78, 5) is 44.4. The quantitative estimate of drug-likeness (QED) is 0.613. The van der Waals surface area contributed by atoms with Crippen molar-refractivity contribution in [3.8, 4) is 0 Å². The molecule has 0 atom stereocenters. The fourth-order valence-electron chi connectivity index (χ4n) is 2.06. The standard InChI is InChI=1S/C14H8O8.Na/c15-11(16)7-1-5-2-9(13(19)20)10(14(21)22)4-6(5)3-8(7)12(17)18;/h1-4H,(H,15,16)(H,17,18)(H,19,20)(H,21,22);. The number of carboxylic acid groups (broad SMARTS) is 4. The summed E-state index contributed by atoms with van der Waals surface area (Å²) in [5.41, 5.74) is -2.06. The molecule has 0 aliphatic heterocycles. The third kappa shape index (κ3) is 3.50. The van der Waals surface area contributed by atoms with Crippen LogP contribution in [-0.4, -0.2) is 73.9 Å². The SMILES string of the molecule is O=C(O)c1cc2cc(C(=O)O)c(C(=O)O)cc2cc1C(=O)O.[Na]. The summed E-state index contributed by atoms with van der Waals surface area (Å²) < 4.78 is 0. The Hall–Kier alpha value is -2.42. The molecule has 2 aromatic carbocycles. The normalized spacial score (nSPS) is 9.91. The number of aromatic carboxylic acids is 4. The summed E-state index contributed by atoms with van der Waals surface area (Å²) in [5.74, 6) is -5.95. The number of hydrogen-bond donors (Lipinski definition) is 4. The Labute approximate surface area is 150 Å². The van der Waals surface area contributed by atoms with Gasteiger partial charge >= 0.3 is 23.9 Å². The Morgan fingerprint density at radius 2 is 0.696 bits per heavy atom. The molecule has 4 N–H and O–H groups in total. The molecule has 0 saturated heterocycles. The molecule has 0 aromatic heterocycles. The molecule has 8 nitrogen and oxygen atoms in total. The van der Waals surface area contributed by atoms with E-state index in [1.165, 1.54) is 0 Å². The van der Waals surface area contributed by atoms with Crippen molar-refractivity contribution in [2.75, 3.05) is 0 Å². The van der Waals surface area contributed by atoms with Crippen molar-refractivity contribution < 1.29 is 39.6 Å². The Balaban J connectivity index is 0.00000264. The third-order valence-electron chi connectivity index (χ3n) is 3.03. The summed E-state index contributed by atoms with van der Waals surface area (Å²) in [6, 6.07) is 4.00. The van der Waals surface area contributed by atoms with Gasteiger partial charge in [-0.25, -0.2) is 19.2 Å². The van der Waals surface area contributed by atoms with Gasteiger partial charge in [0.05, 0.1) is 22.3 Å². The average Bonchev–Trinajstić information content (AvgIpc) is 2.43. The maximum atomic E-state index is 11.1. The molecule has 0 saturated carbocycles. The minimum atomic E-state index is -1.49. The van der Waals surface area contributed by atoms with E-state index in [1.807, 2.05) is 0 Å². The van der Waals surface area contributed by atoms with Crippen LogP contribution in [0.2, 0.25) is 0 Å². The summed E-state index contributed by atoms with van der Waals surface area (Å²) in [5, 5.41) is 36.3. The second-order valence-corrected chi connectivity index (χ2v) is 4.36. The van der Waals surface area contributed by atoms with Crippen LogP contribution in [0.25, 0.3) is 10.8 Å². The van der Waals surface area contributed by atoms with E-state index >= 15 is 0 Å². The molecule has 23 heavy (non-hydrogen) atoms. The molecule has 2 aromatic rings. The van der Waals surface area contributed by atoms with Gasteiger partial charge in [-0.2, -0.15) is 0 Å². The van der Waals surface area contributed by atoms with Crippen molar-refractivity contribution >= 4 is 64.2 Å². The monoisotopic (exact) mass is 327 g/mol. The third-order valence-corrected chi connectivity index (χ3v) is 3.03. The van der Waals surface area contributed by atoms with Gasteiger partial charge in [-0.15, -0.1) is 0 Å². The molecule has 0 spiro atoms. The molecule has 0 aliphatic carbocycles. The van der Waals surface area contributed by atoms with Crippen LogP contribution in [-0.2, 0) is 0 Å². The van der Waals surface area contributed by atoms with Gasteiger partial charge in [0.1, 0.15) is 0 Å². The van der Waals surface area contributed by atoms with Gasteiger partial charge < -0.3 is 20.4 Å². The van der Waals surface area contributed by atoms with E-state index in [0.717, 1.165) is 24.3 Å². The van der Waals surface area contributed by atoms with Crippen molar-refractivity contribution in [2.45, 2.75) is 0 Å². The van der Waals surface area contributed by atoms with Gasteiger partial charge in [0.15, 0.2) is 0 Å². The molecule has 113 valence electrons. The predicted molar refractivity (Wildman–Crippen MR) is 77.5 cm³/mol. The van der Waals surface area contributed by atoms with Crippen LogP contribution in [0.3, 0.4) is 0 Å². The van der Waals surface area contributed by atoms with Crippen LogP contribution in [0, 0.1) is 0 Å². The molecule has 0 unspecified atom stereocenters. The second-order valence-electron chi connectivity index (χ2n) is 4.36. The number of carbonyl (C=O) groups is 4. The van der Waals surface area contributed by atoms with E-state index in [4.69, 9.17) is 20.4 Å². The first-order valence-corrected chi connectivity index (χ1v) is 5.77. The first kappa shape index (κ1) is 18.6. The molecule has 0 amide bonds. The van der Waals surface area contributed by atoms with Crippen molar-refractivity contribution in [1.29, 1.82) is 0 Å². The second kappa shape index (κ2) is 6.78. The number of rotatable bonds is 4. The molecular weight excluding hydrogens is 319 g/mol. The van der Waals surface area contributed by atoms with Crippen molar-refractivity contribution in [3.63, 3.8) is 0 Å². The molecule has 2 rings (SSSR count). The number of fused-ring (bicyclic) bond motifs is 1. The summed E-state index contributed by atoms with van der Waals surface area (Å²) >= 11 is 0. The Morgan fingerprint density at radius 1 is 0.522 bits per heavy atom. The van der Waals surface area contributed by atoms with Crippen molar-refractivity contribution in [3.05, 3.63) is 46.5 Å². The first-order chi connectivity index (χ1) is 10.2. The Kier molecular flexibility index (Phi) is 5.49. The molecule has 0 bridgehead atoms. The summed E-state index contributed by atoms with van der Waals surface area (Å²) in [7, 11) is 0. The molecule has 0 aliphatic rings. The number of carboxylic acids is 4.